The van der Waals surface area contributed by atoms with Crippen LogP contribution >= 0.6 is 23.5 Å². The van der Waals surface area contributed by atoms with Crippen LogP contribution in [0.4, 0.5) is 0 Å². The van der Waals surface area contributed by atoms with Crippen LogP contribution in [0.1, 0.15) is 0 Å². The smallest absolute Gasteiger partial charge is 0.0791 e. The summed E-state index contributed by atoms with van der Waals surface area (Å²) in [6, 6.07) is 0. The van der Waals surface area contributed by atoms with Crippen LogP contribution in [-0.2, 0) is 0 Å². The second-order valence-corrected chi connectivity index (χ2v) is 6.70. The SMILES string of the molecule is CN(C)CC(O)CNCC1CSCCS1. The quantitative estimate of drug-likeness (QED) is 0.711. The molecule has 0 aromatic carbocycles. The Balaban J connectivity index is 1.99. The molecule has 0 aromatic rings. The summed E-state index contributed by atoms with van der Waals surface area (Å²) in [4.78, 5) is 2.01. The van der Waals surface area contributed by atoms with Crippen LogP contribution in [0.2, 0.25) is 0 Å². The van der Waals surface area contributed by atoms with Gasteiger partial charge in [0.2, 0.25) is 0 Å². The van der Waals surface area contributed by atoms with Crippen molar-refractivity contribution in [3.63, 3.8) is 0 Å². The third kappa shape index (κ3) is 6.68. The number of hydrogen-bond acceptors (Lipinski definition) is 5. The number of likely N-dealkylation sites (N-methyl/N-ethyl adjacent to an activating group) is 1. The van der Waals surface area contributed by atoms with Crippen molar-refractivity contribution in [2.24, 2.45) is 0 Å². The predicted octanol–water partition coefficient (Wildman–Crippen LogP) is 0.347. The van der Waals surface area contributed by atoms with E-state index in [0.717, 1.165) is 18.3 Å². The molecule has 1 rings (SSSR count). The third-order valence-corrected chi connectivity index (χ3v) is 5.06. The number of aliphatic hydroxyl groups excluding tert-OH is 1. The van der Waals surface area contributed by atoms with Crippen molar-refractivity contribution in [1.29, 1.82) is 0 Å². The van der Waals surface area contributed by atoms with E-state index in [1.807, 2.05) is 30.8 Å². The molecule has 1 aliphatic rings. The van der Waals surface area contributed by atoms with Gasteiger partial charge in [-0.2, -0.15) is 23.5 Å². The van der Waals surface area contributed by atoms with Crippen molar-refractivity contribution in [3.05, 3.63) is 0 Å². The predicted molar refractivity (Wildman–Crippen MR) is 71.0 cm³/mol. The maximum atomic E-state index is 9.63. The Labute approximate surface area is 101 Å². The molecule has 15 heavy (non-hydrogen) atoms. The van der Waals surface area contributed by atoms with E-state index < -0.39 is 0 Å². The Bertz CT molecular complexity index is 164. The molecule has 1 saturated heterocycles. The summed E-state index contributed by atoms with van der Waals surface area (Å²) in [6.45, 7) is 2.47. The zero-order valence-electron chi connectivity index (χ0n) is 9.61. The topological polar surface area (TPSA) is 35.5 Å². The summed E-state index contributed by atoms with van der Waals surface area (Å²) in [5.74, 6) is 3.82. The Hall–Kier alpha value is 0.580. The van der Waals surface area contributed by atoms with Crippen molar-refractivity contribution in [2.45, 2.75) is 11.4 Å². The normalized spacial score (nSPS) is 24.4. The first-order valence-corrected chi connectivity index (χ1v) is 7.61. The van der Waals surface area contributed by atoms with E-state index in [2.05, 4.69) is 17.1 Å². The first-order valence-electron chi connectivity index (χ1n) is 5.41. The number of nitrogens with zero attached hydrogens (tertiary/aromatic N) is 1. The lowest BCUT2D eigenvalue weighted by molar-refractivity contribution is 0.135. The molecular formula is C10H22N2OS2. The van der Waals surface area contributed by atoms with Gasteiger partial charge in [0, 0.05) is 42.1 Å². The van der Waals surface area contributed by atoms with Crippen LogP contribution < -0.4 is 5.32 Å². The van der Waals surface area contributed by atoms with Gasteiger partial charge in [-0.25, -0.2) is 0 Å². The number of aliphatic hydroxyl groups is 1. The monoisotopic (exact) mass is 250 g/mol. The molecule has 0 aliphatic carbocycles. The highest BCUT2D eigenvalue weighted by Gasteiger charge is 2.14. The van der Waals surface area contributed by atoms with Gasteiger partial charge in [0.25, 0.3) is 0 Å². The maximum Gasteiger partial charge on any atom is 0.0791 e. The number of hydrogen-bond donors (Lipinski definition) is 2. The molecule has 5 heteroatoms. The fourth-order valence-electron chi connectivity index (χ4n) is 1.55. The van der Waals surface area contributed by atoms with E-state index in [0.29, 0.717) is 6.54 Å². The molecule has 0 bridgehead atoms. The standard InChI is InChI=1S/C10H22N2OS2/c1-12(2)7-9(13)5-11-6-10-8-14-3-4-15-10/h9-11,13H,3-8H2,1-2H3. The van der Waals surface area contributed by atoms with Gasteiger partial charge in [-0.1, -0.05) is 0 Å². The van der Waals surface area contributed by atoms with Crippen molar-refractivity contribution >= 4 is 23.5 Å². The first kappa shape index (κ1) is 13.6. The minimum atomic E-state index is -0.249. The van der Waals surface area contributed by atoms with E-state index in [-0.39, 0.29) is 6.10 Å². The summed E-state index contributed by atoms with van der Waals surface area (Å²) in [6.07, 6.45) is -0.249. The van der Waals surface area contributed by atoms with Gasteiger partial charge in [0.1, 0.15) is 0 Å². The Morgan fingerprint density at radius 3 is 2.87 bits per heavy atom. The minimum Gasteiger partial charge on any atom is -0.390 e. The van der Waals surface area contributed by atoms with E-state index in [1.54, 1.807) is 0 Å². The van der Waals surface area contributed by atoms with Crippen LogP contribution in [0, 0.1) is 0 Å². The van der Waals surface area contributed by atoms with Crippen LogP contribution in [0.15, 0.2) is 0 Å². The number of rotatable bonds is 6. The van der Waals surface area contributed by atoms with Crippen molar-refractivity contribution in [1.82, 2.24) is 10.2 Å². The lowest BCUT2D eigenvalue weighted by Gasteiger charge is -2.22. The Morgan fingerprint density at radius 2 is 2.27 bits per heavy atom. The second kappa shape index (κ2) is 7.79. The van der Waals surface area contributed by atoms with Gasteiger partial charge in [-0.15, -0.1) is 0 Å². The van der Waals surface area contributed by atoms with Crippen LogP contribution in [-0.4, -0.2) is 72.3 Å². The van der Waals surface area contributed by atoms with Gasteiger partial charge in [0.15, 0.2) is 0 Å². The van der Waals surface area contributed by atoms with Crippen molar-refractivity contribution in [3.8, 4) is 0 Å². The zero-order valence-corrected chi connectivity index (χ0v) is 11.2. The molecule has 0 amide bonds. The highest BCUT2D eigenvalue weighted by Crippen LogP contribution is 2.23. The van der Waals surface area contributed by atoms with Crippen LogP contribution in [0.5, 0.6) is 0 Å². The number of thioether (sulfide) groups is 2. The lowest BCUT2D eigenvalue weighted by Crippen LogP contribution is -2.38. The molecule has 1 fully saturated rings. The Morgan fingerprint density at radius 1 is 1.47 bits per heavy atom. The molecule has 2 N–H and O–H groups in total. The van der Waals surface area contributed by atoms with E-state index >= 15 is 0 Å². The maximum absolute atomic E-state index is 9.63. The molecule has 1 aliphatic heterocycles. The summed E-state index contributed by atoms with van der Waals surface area (Å²) < 4.78 is 0. The number of nitrogens with one attached hydrogen (secondary N) is 1. The van der Waals surface area contributed by atoms with Gasteiger partial charge in [-0.05, 0) is 14.1 Å². The van der Waals surface area contributed by atoms with Crippen molar-refractivity contribution in [2.75, 3.05) is 51.0 Å². The fraction of sp³-hybridized carbons (Fsp3) is 1.00. The molecule has 0 saturated carbocycles. The fourth-order valence-corrected chi connectivity index (χ4v) is 4.20. The van der Waals surface area contributed by atoms with Crippen LogP contribution in [0.25, 0.3) is 0 Å². The molecule has 0 aromatic heterocycles. The largest absolute Gasteiger partial charge is 0.390 e. The molecule has 0 radical (unpaired) electrons. The molecule has 1 heterocycles. The summed E-state index contributed by atoms with van der Waals surface area (Å²) in [5, 5.41) is 13.7. The highest BCUT2D eigenvalue weighted by molar-refractivity contribution is 8.06. The van der Waals surface area contributed by atoms with Gasteiger partial charge >= 0.3 is 0 Å². The third-order valence-electron chi connectivity index (χ3n) is 2.21. The summed E-state index contributed by atoms with van der Waals surface area (Å²) in [5.41, 5.74) is 0. The average molecular weight is 250 g/mol. The van der Waals surface area contributed by atoms with Crippen LogP contribution in [0.3, 0.4) is 0 Å². The van der Waals surface area contributed by atoms with E-state index in [9.17, 15) is 5.11 Å². The van der Waals surface area contributed by atoms with E-state index in [4.69, 9.17) is 0 Å². The highest BCUT2D eigenvalue weighted by atomic mass is 32.2. The molecule has 2 unspecified atom stereocenters. The molecule has 2 atom stereocenters. The average Bonchev–Trinajstić information content (AvgIpc) is 2.18. The van der Waals surface area contributed by atoms with Gasteiger partial charge in [0.05, 0.1) is 6.10 Å². The summed E-state index contributed by atoms with van der Waals surface area (Å²) >= 11 is 4.09. The Kier molecular flexibility index (Phi) is 7.08. The molecule has 0 spiro atoms. The summed E-state index contributed by atoms with van der Waals surface area (Å²) in [7, 11) is 3.97. The molecule has 3 nitrogen and oxygen atoms in total. The molecular weight excluding hydrogens is 228 g/mol. The van der Waals surface area contributed by atoms with Crippen molar-refractivity contribution < 1.29 is 5.11 Å². The zero-order chi connectivity index (χ0) is 11.1. The first-order chi connectivity index (χ1) is 7.18. The second-order valence-electron chi connectivity index (χ2n) is 4.14. The van der Waals surface area contributed by atoms with E-state index in [1.165, 1.54) is 17.3 Å². The minimum absolute atomic E-state index is 0.249. The lowest BCUT2D eigenvalue weighted by atomic mass is 10.3. The molecule has 90 valence electrons. The van der Waals surface area contributed by atoms with Gasteiger partial charge in [-0.3, -0.25) is 0 Å². The van der Waals surface area contributed by atoms with Gasteiger partial charge < -0.3 is 15.3 Å².